The zero-order valence-electron chi connectivity index (χ0n) is 17.7. The topological polar surface area (TPSA) is 71.7 Å². The second-order valence-corrected chi connectivity index (χ2v) is 10.0. The zero-order chi connectivity index (χ0) is 21.6. The fourth-order valence-electron chi connectivity index (χ4n) is 3.52. The lowest BCUT2D eigenvalue weighted by Gasteiger charge is -2.39. The Balaban J connectivity index is 1.59. The number of oxazole rings is 1. The highest BCUT2D eigenvalue weighted by molar-refractivity contribution is 7.09. The van der Waals surface area contributed by atoms with E-state index in [4.69, 9.17) is 20.8 Å². The molecule has 0 bridgehead atoms. The van der Waals surface area contributed by atoms with Crippen LogP contribution in [0, 0.1) is 6.92 Å². The molecule has 0 spiro atoms. The second-order valence-electron chi connectivity index (χ2n) is 8.52. The summed E-state index contributed by atoms with van der Waals surface area (Å²) in [7, 11) is 0. The number of halogens is 1. The van der Waals surface area contributed by atoms with Gasteiger partial charge in [-0.25, -0.2) is 9.78 Å². The molecule has 2 aromatic heterocycles. The molecule has 4 rings (SSSR count). The SMILES string of the molecule is Cc1nc(-c2cc(Cl)cc3nc(N4CCN(C(=O)OC(C)(C)C)C[C@@H]4C)oc23)cs1. The van der Waals surface area contributed by atoms with Gasteiger partial charge in [-0.1, -0.05) is 11.6 Å². The minimum Gasteiger partial charge on any atom is -0.444 e. The molecule has 1 atom stereocenters. The third-order valence-corrected chi connectivity index (χ3v) is 5.86. The van der Waals surface area contributed by atoms with E-state index in [1.54, 1.807) is 22.3 Å². The summed E-state index contributed by atoms with van der Waals surface area (Å²) in [6.07, 6.45) is -0.292. The van der Waals surface area contributed by atoms with Crippen molar-refractivity contribution in [3.05, 3.63) is 27.5 Å². The molecule has 9 heteroatoms. The zero-order valence-corrected chi connectivity index (χ0v) is 19.3. The molecule has 30 heavy (non-hydrogen) atoms. The fourth-order valence-corrected chi connectivity index (χ4v) is 4.35. The van der Waals surface area contributed by atoms with Crippen LogP contribution in [0.3, 0.4) is 0 Å². The van der Waals surface area contributed by atoms with E-state index in [9.17, 15) is 4.79 Å². The molecule has 1 amide bonds. The van der Waals surface area contributed by atoms with E-state index in [1.807, 2.05) is 46.1 Å². The number of fused-ring (bicyclic) bond motifs is 1. The first kappa shape index (κ1) is 20.9. The average Bonchev–Trinajstić information content (AvgIpc) is 3.25. The Morgan fingerprint density at radius 3 is 2.70 bits per heavy atom. The van der Waals surface area contributed by atoms with Crippen LogP contribution in [0.2, 0.25) is 5.02 Å². The number of amides is 1. The molecular weight excluding hydrogens is 424 g/mol. The molecule has 0 saturated carbocycles. The monoisotopic (exact) mass is 448 g/mol. The maximum atomic E-state index is 12.4. The van der Waals surface area contributed by atoms with Crippen LogP contribution >= 0.6 is 22.9 Å². The van der Waals surface area contributed by atoms with Crippen molar-refractivity contribution in [3.63, 3.8) is 0 Å². The van der Waals surface area contributed by atoms with Crippen LogP contribution in [-0.4, -0.2) is 52.2 Å². The smallest absolute Gasteiger partial charge is 0.410 e. The predicted molar refractivity (Wildman–Crippen MR) is 119 cm³/mol. The molecular formula is C21H25ClN4O3S. The third-order valence-electron chi connectivity index (χ3n) is 4.86. The van der Waals surface area contributed by atoms with Gasteiger partial charge < -0.3 is 19.0 Å². The molecule has 1 saturated heterocycles. The lowest BCUT2D eigenvalue weighted by molar-refractivity contribution is 0.0216. The van der Waals surface area contributed by atoms with E-state index >= 15 is 0 Å². The molecule has 0 unspecified atom stereocenters. The lowest BCUT2D eigenvalue weighted by Crippen LogP contribution is -2.54. The molecule has 1 fully saturated rings. The number of piperazine rings is 1. The lowest BCUT2D eigenvalue weighted by atomic mass is 10.1. The van der Waals surface area contributed by atoms with Gasteiger partial charge in [-0.2, -0.15) is 4.98 Å². The summed E-state index contributed by atoms with van der Waals surface area (Å²) in [6, 6.07) is 4.21. The maximum Gasteiger partial charge on any atom is 0.410 e. The summed E-state index contributed by atoms with van der Waals surface area (Å²) in [5.74, 6) is 0. The highest BCUT2D eigenvalue weighted by Crippen LogP contribution is 2.35. The van der Waals surface area contributed by atoms with Crippen LogP contribution in [0.4, 0.5) is 10.8 Å². The van der Waals surface area contributed by atoms with Crippen molar-refractivity contribution in [1.29, 1.82) is 0 Å². The third kappa shape index (κ3) is 4.25. The van der Waals surface area contributed by atoms with Crippen LogP contribution in [0.25, 0.3) is 22.4 Å². The van der Waals surface area contributed by atoms with Crippen LogP contribution in [0.1, 0.15) is 32.7 Å². The van der Waals surface area contributed by atoms with E-state index in [1.165, 1.54) is 0 Å². The van der Waals surface area contributed by atoms with Crippen molar-refractivity contribution >= 4 is 46.1 Å². The van der Waals surface area contributed by atoms with Crippen molar-refractivity contribution in [3.8, 4) is 11.3 Å². The molecule has 3 heterocycles. The Hall–Kier alpha value is -2.32. The Kier molecular flexibility index (Phi) is 5.40. The predicted octanol–water partition coefficient (Wildman–Crippen LogP) is 5.36. The minimum atomic E-state index is -0.512. The molecule has 0 aliphatic carbocycles. The van der Waals surface area contributed by atoms with Gasteiger partial charge in [-0.05, 0) is 46.8 Å². The summed E-state index contributed by atoms with van der Waals surface area (Å²) in [6.45, 7) is 11.3. The van der Waals surface area contributed by atoms with E-state index in [2.05, 4.69) is 14.9 Å². The average molecular weight is 449 g/mol. The summed E-state index contributed by atoms with van der Waals surface area (Å²) >= 11 is 7.91. The van der Waals surface area contributed by atoms with Gasteiger partial charge in [-0.15, -0.1) is 11.3 Å². The number of carbonyl (C=O) groups is 1. The molecule has 3 aromatic rings. The molecule has 0 N–H and O–H groups in total. The van der Waals surface area contributed by atoms with Gasteiger partial charge in [0.05, 0.1) is 10.7 Å². The first-order valence-corrected chi connectivity index (χ1v) is 11.1. The summed E-state index contributed by atoms with van der Waals surface area (Å²) in [5.41, 5.74) is 2.51. The Bertz CT molecular complexity index is 1090. The number of aromatic nitrogens is 2. The largest absolute Gasteiger partial charge is 0.444 e. The summed E-state index contributed by atoms with van der Waals surface area (Å²) in [5, 5.41) is 3.56. The van der Waals surface area contributed by atoms with Crippen LogP contribution in [0.15, 0.2) is 21.9 Å². The number of carbonyl (C=O) groups excluding carboxylic acids is 1. The number of aryl methyl sites for hydroxylation is 1. The number of benzene rings is 1. The highest BCUT2D eigenvalue weighted by Gasteiger charge is 2.32. The Morgan fingerprint density at radius 2 is 2.07 bits per heavy atom. The number of thiazole rings is 1. The van der Waals surface area contributed by atoms with Crippen LogP contribution in [-0.2, 0) is 4.74 Å². The standard InChI is InChI=1S/C21H25ClN4O3S/c1-12-10-25(20(27)29-21(3,4)5)6-7-26(12)19-24-16-9-14(22)8-15(18(16)28-19)17-11-30-13(2)23-17/h8-9,11-12H,6-7,10H2,1-5H3/t12-/m0/s1. The maximum absolute atomic E-state index is 12.4. The number of hydrogen-bond acceptors (Lipinski definition) is 7. The number of anilines is 1. The normalized spacial score (nSPS) is 17.6. The molecule has 1 aliphatic heterocycles. The van der Waals surface area contributed by atoms with E-state index in [-0.39, 0.29) is 12.1 Å². The van der Waals surface area contributed by atoms with Gasteiger partial charge in [0.1, 0.15) is 11.1 Å². The van der Waals surface area contributed by atoms with Crippen LogP contribution < -0.4 is 4.90 Å². The van der Waals surface area contributed by atoms with Crippen LogP contribution in [0.5, 0.6) is 0 Å². The van der Waals surface area contributed by atoms with Crippen molar-refractivity contribution in [2.75, 3.05) is 24.5 Å². The van der Waals surface area contributed by atoms with E-state index in [0.29, 0.717) is 41.8 Å². The van der Waals surface area contributed by atoms with Gasteiger partial charge in [0.25, 0.3) is 6.01 Å². The van der Waals surface area contributed by atoms with E-state index in [0.717, 1.165) is 16.3 Å². The van der Waals surface area contributed by atoms with Gasteiger partial charge in [0, 0.05) is 41.6 Å². The van der Waals surface area contributed by atoms with Crippen molar-refractivity contribution in [2.24, 2.45) is 0 Å². The summed E-state index contributed by atoms with van der Waals surface area (Å²) < 4.78 is 11.7. The number of ether oxygens (including phenoxy) is 1. The fraction of sp³-hybridized carbons (Fsp3) is 0.476. The van der Waals surface area contributed by atoms with Gasteiger partial charge in [0.2, 0.25) is 0 Å². The van der Waals surface area contributed by atoms with Gasteiger partial charge >= 0.3 is 6.09 Å². The highest BCUT2D eigenvalue weighted by atomic mass is 35.5. The number of hydrogen-bond donors (Lipinski definition) is 0. The van der Waals surface area contributed by atoms with Crippen molar-refractivity contribution < 1.29 is 13.9 Å². The first-order chi connectivity index (χ1) is 14.1. The Labute approximate surface area is 184 Å². The molecule has 1 aliphatic rings. The van der Waals surface area contributed by atoms with Crippen molar-refractivity contribution in [2.45, 2.75) is 46.3 Å². The van der Waals surface area contributed by atoms with Gasteiger partial charge in [0.15, 0.2) is 5.58 Å². The molecule has 1 aromatic carbocycles. The number of rotatable bonds is 2. The minimum absolute atomic E-state index is 0.0276. The van der Waals surface area contributed by atoms with Gasteiger partial charge in [-0.3, -0.25) is 0 Å². The quantitative estimate of drug-likeness (QED) is 0.525. The molecule has 7 nitrogen and oxygen atoms in total. The van der Waals surface area contributed by atoms with E-state index < -0.39 is 5.60 Å². The summed E-state index contributed by atoms with van der Waals surface area (Å²) in [4.78, 5) is 25.5. The first-order valence-electron chi connectivity index (χ1n) is 9.88. The second kappa shape index (κ2) is 7.74. The molecule has 160 valence electrons. The van der Waals surface area contributed by atoms with Crippen molar-refractivity contribution in [1.82, 2.24) is 14.9 Å². The number of nitrogens with zero attached hydrogens (tertiary/aromatic N) is 4. The molecule has 0 radical (unpaired) electrons. The Morgan fingerprint density at radius 1 is 1.30 bits per heavy atom.